The monoisotopic (exact) mass is 387 g/mol. The maximum Gasteiger partial charge on any atom is 0.573 e. The number of ether oxygens (including phenoxy) is 1. The van der Waals surface area contributed by atoms with Crippen LogP contribution in [-0.2, 0) is 10.0 Å². The Morgan fingerprint density at radius 3 is 1.65 bits per heavy atom. The molecule has 0 aromatic heterocycles. The standard InChI is InChI=1S/C18H20F3NO3S/c1-10-11(2)13(4)17(14(5)12(10)3)26(23,24)22-15-6-8-16(9-7-15)25-18(19,20)21/h6-9,22H,1-5H3. The van der Waals surface area contributed by atoms with Gasteiger partial charge in [0.15, 0.2) is 0 Å². The molecule has 0 aliphatic rings. The van der Waals surface area contributed by atoms with Gasteiger partial charge in [0.1, 0.15) is 5.75 Å². The summed E-state index contributed by atoms with van der Waals surface area (Å²) in [6, 6.07) is 4.54. The quantitative estimate of drug-likeness (QED) is 0.809. The van der Waals surface area contributed by atoms with E-state index >= 15 is 0 Å². The Bertz CT molecular complexity index is 905. The molecular weight excluding hydrogens is 367 g/mol. The first-order valence-corrected chi connectivity index (χ1v) is 9.27. The highest BCUT2D eigenvalue weighted by molar-refractivity contribution is 7.92. The molecule has 2 aromatic rings. The minimum absolute atomic E-state index is 0.147. The van der Waals surface area contributed by atoms with E-state index in [1.165, 1.54) is 12.1 Å². The lowest BCUT2D eigenvalue weighted by atomic mass is 9.95. The summed E-state index contributed by atoms with van der Waals surface area (Å²) >= 11 is 0. The summed E-state index contributed by atoms with van der Waals surface area (Å²) in [5.41, 5.74) is 4.26. The van der Waals surface area contributed by atoms with E-state index in [0.29, 0.717) is 11.1 Å². The van der Waals surface area contributed by atoms with Crippen molar-refractivity contribution in [2.24, 2.45) is 0 Å². The van der Waals surface area contributed by atoms with Crippen LogP contribution in [0.5, 0.6) is 5.75 Å². The number of hydrogen-bond donors (Lipinski definition) is 1. The minimum Gasteiger partial charge on any atom is -0.406 e. The highest BCUT2D eigenvalue weighted by atomic mass is 32.2. The fourth-order valence-corrected chi connectivity index (χ4v) is 4.46. The van der Waals surface area contributed by atoms with Crippen molar-refractivity contribution < 1.29 is 26.3 Å². The number of rotatable bonds is 4. The number of alkyl halides is 3. The molecule has 0 spiro atoms. The average Bonchev–Trinajstić information content (AvgIpc) is 2.51. The zero-order chi connectivity index (χ0) is 19.9. The van der Waals surface area contributed by atoms with Crippen LogP contribution in [0.2, 0.25) is 0 Å². The van der Waals surface area contributed by atoms with Gasteiger partial charge in [-0.25, -0.2) is 8.42 Å². The lowest BCUT2D eigenvalue weighted by molar-refractivity contribution is -0.274. The van der Waals surface area contributed by atoms with Crippen LogP contribution in [0.4, 0.5) is 18.9 Å². The van der Waals surface area contributed by atoms with E-state index in [2.05, 4.69) is 9.46 Å². The van der Waals surface area contributed by atoms with E-state index in [0.717, 1.165) is 28.8 Å². The van der Waals surface area contributed by atoms with Crippen molar-refractivity contribution in [2.45, 2.75) is 45.9 Å². The molecule has 26 heavy (non-hydrogen) atoms. The molecule has 0 heterocycles. The molecule has 0 bridgehead atoms. The van der Waals surface area contributed by atoms with Crippen molar-refractivity contribution in [2.75, 3.05) is 4.72 Å². The number of hydrogen-bond acceptors (Lipinski definition) is 3. The molecule has 0 aliphatic carbocycles. The summed E-state index contributed by atoms with van der Waals surface area (Å²) < 4.78 is 68.5. The Hall–Kier alpha value is -2.22. The molecule has 0 amide bonds. The van der Waals surface area contributed by atoms with Gasteiger partial charge >= 0.3 is 6.36 Å². The fraction of sp³-hybridized carbons (Fsp3) is 0.333. The summed E-state index contributed by atoms with van der Waals surface area (Å²) in [5, 5.41) is 0. The summed E-state index contributed by atoms with van der Waals surface area (Å²) in [5.74, 6) is -0.421. The van der Waals surface area contributed by atoms with Gasteiger partial charge in [0.05, 0.1) is 4.90 Å². The molecule has 1 N–H and O–H groups in total. The van der Waals surface area contributed by atoms with Gasteiger partial charge in [0, 0.05) is 5.69 Å². The molecule has 8 heteroatoms. The Kier molecular flexibility index (Phi) is 5.28. The SMILES string of the molecule is Cc1c(C)c(C)c(S(=O)(=O)Nc2ccc(OC(F)(F)F)cc2)c(C)c1C. The van der Waals surface area contributed by atoms with Crippen molar-refractivity contribution in [1.29, 1.82) is 0 Å². The lowest BCUT2D eigenvalue weighted by Gasteiger charge is -2.19. The summed E-state index contributed by atoms with van der Waals surface area (Å²) in [7, 11) is -3.90. The Morgan fingerprint density at radius 2 is 1.23 bits per heavy atom. The lowest BCUT2D eigenvalue weighted by Crippen LogP contribution is -2.18. The summed E-state index contributed by atoms with van der Waals surface area (Å²) in [6.45, 7) is 9.14. The number of halogens is 3. The molecule has 142 valence electrons. The highest BCUT2D eigenvalue weighted by Gasteiger charge is 2.31. The van der Waals surface area contributed by atoms with Crippen LogP contribution in [0.3, 0.4) is 0 Å². The Labute approximate surface area is 151 Å². The van der Waals surface area contributed by atoms with Crippen molar-refractivity contribution in [3.63, 3.8) is 0 Å². The smallest absolute Gasteiger partial charge is 0.406 e. The zero-order valence-corrected chi connectivity index (χ0v) is 15.9. The third kappa shape index (κ3) is 4.12. The van der Waals surface area contributed by atoms with Gasteiger partial charge in [-0.3, -0.25) is 4.72 Å². The molecule has 2 aromatic carbocycles. The number of anilines is 1. The molecule has 0 fully saturated rings. The van der Waals surface area contributed by atoms with Gasteiger partial charge in [-0.2, -0.15) is 0 Å². The van der Waals surface area contributed by atoms with Crippen LogP contribution in [-0.4, -0.2) is 14.8 Å². The van der Waals surface area contributed by atoms with Crippen LogP contribution in [0, 0.1) is 34.6 Å². The maximum absolute atomic E-state index is 12.9. The Morgan fingerprint density at radius 1 is 0.808 bits per heavy atom. The highest BCUT2D eigenvalue weighted by Crippen LogP contribution is 2.31. The summed E-state index contributed by atoms with van der Waals surface area (Å²) in [6.07, 6.45) is -4.80. The summed E-state index contributed by atoms with van der Waals surface area (Å²) in [4.78, 5) is 0.189. The van der Waals surface area contributed by atoms with E-state index < -0.39 is 22.1 Å². The molecular formula is C18H20F3NO3S. The third-order valence-electron chi connectivity index (χ3n) is 4.54. The van der Waals surface area contributed by atoms with E-state index in [1.54, 1.807) is 13.8 Å². The van der Waals surface area contributed by atoms with Gasteiger partial charge in [-0.15, -0.1) is 13.2 Å². The third-order valence-corrected chi connectivity index (χ3v) is 6.19. The van der Waals surface area contributed by atoms with Gasteiger partial charge in [-0.05, 0) is 86.7 Å². The maximum atomic E-state index is 12.9. The van der Waals surface area contributed by atoms with Crippen LogP contribution in [0.25, 0.3) is 0 Å². The first kappa shape index (κ1) is 20.1. The van der Waals surface area contributed by atoms with E-state index in [1.807, 2.05) is 20.8 Å². The van der Waals surface area contributed by atoms with Gasteiger partial charge in [0.25, 0.3) is 10.0 Å². The van der Waals surface area contributed by atoms with Crippen LogP contribution >= 0.6 is 0 Å². The zero-order valence-electron chi connectivity index (χ0n) is 15.1. The van der Waals surface area contributed by atoms with E-state index in [9.17, 15) is 21.6 Å². The van der Waals surface area contributed by atoms with Gasteiger partial charge in [-0.1, -0.05) is 0 Å². The Balaban J connectivity index is 2.39. The molecule has 2 rings (SSSR count). The number of nitrogens with one attached hydrogen (secondary N) is 1. The van der Waals surface area contributed by atoms with Crippen molar-refractivity contribution in [3.8, 4) is 5.75 Å². The van der Waals surface area contributed by atoms with Crippen LogP contribution < -0.4 is 9.46 Å². The molecule has 0 saturated carbocycles. The normalized spacial score (nSPS) is 12.2. The first-order valence-electron chi connectivity index (χ1n) is 7.79. The van der Waals surface area contributed by atoms with E-state index in [-0.39, 0.29) is 10.6 Å². The second-order valence-electron chi connectivity index (χ2n) is 6.13. The molecule has 0 unspecified atom stereocenters. The predicted octanol–water partition coefficient (Wildman–Crippen LogP) is 4.93. The van der Waals surface area contributed by atoms with Crippen LogP contribution in [0.1, 0.15) is 27.8 Å². The van der Waals surface area contributed by atoms with E-state index in [4.69, 9.17) is 0 Å². The van der Waals surface area contributed by atoms with Crippen molar-refractivity contribution >= 4 is 15.7 Å². The largest absolute Gasteiger partial charge is 0.573 e. The topological polar surface area (TPSA) is 55.4 Å². The number of benzene rings is 2. The molecule has 4 nitrogen and oxygen atoms in total. The van der Waals surface area contributed by atoms with Crippen LogP contribution in [0.15, 0.2) is 29.2 Å². The van der Waals surface area contributed by atoms with Gasteiger partial charge < -0.3 is 4.74 Å². The van der Waals surface area contributed by atoms with Crippen molar-refractivity contribution in [1.82, 2.24) is 0 Å². The van der Waals surface area contributed by atoms with Gasteiger partial charge in [0.2, 0.25) is 0 Å². The molecule has 0 atom stereocenters. The molecule has 0 radical (unpaired) electrons. The first-order chi connectivity index (χ1) is 11.8. The second-order valence-corrected chi connectivity index (χ2v) is 7.75. The predicted molar refractivity (Wildman–Crippen MR) is 94.1 cm³/mol. The fourth-order valence-electron chi connectivity index (χ4n) is 2.80. The number of sulfonamides is 1. The van der Waals surface area contributed by atoms with Crippen molar-refractivity contribution in [3.05, 3.63) is 52.1 Å². The molecule has 0 saturated heterocycles. The average molecular weight is 387 g/mol. The minimum atomic E-state index is -4.80. The molecule has 0 aliphatic heterocycles. The second kappa shape index (κ2) is 6.83.